The molecule has 5 aromatic rings. The number of nitrogens with one attached hydrogen (secondary N) is 1. The molecule has 2 aliphatic heterocycles. The van der Waals surface area contributed by atoms with Crippen molar-refractivity contribution in [3.63, 3.8) is 0 Å². The summed E-state index contributed by atoms with van der Waals surface area (Å²) in [5.41, 5.74) is 7.14. The van der Waals surface area contributed by atoms with Crippen LogP contribution in [0, 0.1) is 5.82 Å². The zero-order valence-corrected chi connectivity index (χ0v) is 20.3. The van der Waals surface area contributed by atoms with Gasteiger partial charge in [0.05, 0.1) is 18.4 Å². The standard InChI is InChI=1S/C29H25FN6O/c1-37-26-14-20(4-7-24(26)30)27-28(19-8-11-31-12-9-19)34-36-25(10-13-32-29(27)36)18-2-5-22(6-3-18)35-17-21-15-23(35)16-33-21/h2-14,21,23,33H,15-17H2,1H3/t21-,23-/m1/s1. The lowest BCUT2D eigenvalue weighted by Gasteiger charge is -2.29. The molecule has 8 heteroatoms. The number of fused-ring (bicyclic) bond motifs is 3. The highest BCUT2D eigenvalue weighted by molar-refractivity contribution is 5.91. The SMILES string of the molecule is COc1cc(-c2c(-c3ccncc3)nn3c(-c4ccc(N5C[C@H]6C[C@@H]5CN6)cc4)ccnc23)ccc1F. The Morgan fingerprint density at radius 1 is 0.946 bits per heavy atom. The Morgan fingerprint density at radius 2 is 1.76 bits per heavy atom. The van der Waals surface area contributed by atoms with Crippen molar-refractivity contribution in [1.29, 1.82) is 0 Å². The van der Waals surface area contributed by atoms with E-state index in [0.717, 1.165) is 46.7 Å². The van der Waals surface area contributed by atoms with Crippen molar-refractivity contribution in [2.75, 3.05) is 25.1 Å². The van der Waals surface area contributed by atoms with Gasteiger partial charge in [-0.05, 0) is 54.4 Å². The Hall–Kier alpha value is -4.30. The van der Waals surface area contributed by atoms with Crippen molar-refractivity contribution < 1.29 is 9.13 Å². The van der Waals surface area contributed by atoms with E-state index in [1.165, 1.54) is 25.3 Å². The first-order valence-corrected chi connectivity index (χ1v) is 12.4. The van der Waals surface area contributed by atoms with Crippen molar-refractivity contribution in [3.8, 4) is 39.4 Å². The first-order chi connectivity index (χ1) is 18.2. The van der Waals surface area contributed by atoms with Crippen molar-refractivity contribution in [2.24, 2.45) is 0 Å². The Morgan fingerprint density at radius 3 is 2.49 bits per heavy atom. The zero-order valence-electron chi connectivity index (χ0n) is 20.3. The molecule has 5 heterocycles. The topological polar surface area (TPSA) is 67.6 Å². The fourth-order valence-corrected chi connectivity index (χ4v) is 5.66. The van der Waals surface area contributed by atoms with Crippen LogP contribution in [-0.2, 0) is 0 Å². The van der Waals surface area contributed by atoms with Gasteiger partial charge in [-0.3, -0.25) is 4.98 Å². The highest BCUT2D eigenvalue weighted by atomic mass is 19.1. The van der Waals surface area contributed by atoms with Crippen LogP contribution < -0.4 is 15.0 Å². The molecule has 184 valence electrons. The van der Waals surface area contributed by atoms with Crippen LogP contribution in [0.3, 0.4) is 0 Å². The van der Waals surface area contributed by atoms with Crippen LogP contribution in [0.1, 0.15) is 6.42 Å². The highest BCUT2D eigenvalue weighted by Crippen LogP contribution is 2.38. The summed E-state index contributed by atoms with van der Waals surface area (Å²) in [6, 6.07) is 20.5. The third kappa shape index (κ3) is 3.64. The number of ether oxygens (including phenoxy) is 1. The van der Waals surface area contributed by atoms with Gasteiger partial charge in [-0.2, -0.15) is 5.10 Å². The van der Waals surface area contributed by atoms with Crippen molar-refractivity contribution >= 4 is 11.3 Å². The van der Waals surface area contributed by atoms with Gasteiger partial charge in [0, 0.05) is 60.6 Å². The fourth-order valence-electron chi connectivity index (χ4n) is 5.66. The lowest BCUT2D eigenvalue weighted by molar-refractivity contribution is 0.387. The largest absolute Gasteiger partial charge is 0.494 e. The molecular formula is C29H25FN6O. The number of nitrogens with zero attached hydrogens (tertiary/aromatic N) is 5. The van der Waals surface area contributed by atoms with E-state index >= 15 is 0 Å². The maximum Gasteiger partial charge on any atom is 0.165 e. The first-order valence-electron chi connectivity index (χ1n) is 12.4. The lowest BCUT2D eigenvalue weighted by atomic mass is 10.0. The van der Waals surface area contributed by atoms with Crippen LogP contribution in [0.15, 0.2) is 79.3 Å². The summed E-state index contributed by atoms with van der Waals surface area (Å²) in [5, 5.41) is 8.58. The molecule has 2 fully saturated rings. The zero-order chi connectivity index (χ0) is 24.9. The molecule has 7 rings (SSSR count). The van der Waals surface area contributed by atoms with Gasteiger partial charge in [-0.15, -0.1) is 0 Å². The van der Waals surface area contributed by atoms with E-state index in [1.807, 2.05) is 22.7 Å². The van der Waals surface area contributed by atoms with E-state index in [9.17, 15) is 4.39 Å². The van der Waals surface area contributed by atoms with Gasteiger partial charge in [0.15, 0.2) is 17.2 Å². The molecular weight excluding hydrogens is 467 g/mol. The molecule has 2 aliphatic rings. The Kier molecular flexibility index (Phi) is 5.14. The number of pyridine rings is 1. The summed E-state index contributed by atoms with van der Waals surface area (Å²) in [4.78, 5) is 11.4. The molecule has 37 heavy (non-hydrogen) atoms. The van der Waals surface area contributed by atoms with Gasteiger partial charge in [-0.1, -0.05) is 18.2 Å². The van der Waals surface area contributed by atoms with Gasteiger partial charge in [0.1, 0.15) is 5.69 Å². The maximum atomic E-state index is 14.3. The van der Waals surface area contributed by atoms with Crippen LogP contribution in [0.4, 0.5) is 10.1 Å². The minimum atomic E-state index is -0.413. The second kappa shape index (κ2) is 8.67. The molecule has 3 aromatic heterocycles. The second-order valence-corrected chi connectivity index (χ2v) is 9.57. The smallest absolute Gasteiger partial charge is 0.165 e. The molecule has 0 radical (unpaired) electrons. The number of methoxy groups -OCH3 is 1. The number of hydrogen-bond acceptors (Lipinski definition) is 6. The number of piperazine rings is 1. The summed E-state index contributed by atoms with van der Waals surface area (Å²) in [7, 11) is 1.46. The molecule has 1 N–H and O–H groups in total. The molecule has 0 spiro atoms. The van der Waals surface area contributed by atoms with Crippen molar-refractivity contribution in [2.45, 2.75) is 18.5 Å². The van der Waals surface area contributed by atoms with E-state index in [2.05, 4.69) is 39.5 Å². The van der Waals surface area contributed by atoms with Crippen LogP contribution in [-0.4, -0.2) is 51.9 Å². The van der Waals surface area contributed by atoms with Crippen LogP contribution in [0.25, 0.3) is 39.3 Å². The number of halogens is 1. The average Bonchev–Trinajstić information content (AvgIpc) is 3.69. The first kappa shape index (κ1) is 21.9. The Balaban J connectivity index is 1.37. The van der Waals surface area contributed by atoms with Gasteiger partial charge in [-0.25, -0.2) is 13.9 Å². The Bertz CT molecular complexity index is 1600. The monoisotopic (exact) mass is 492 g/mol. The molecule has 2 aromatic carbocycles. The summed E-state index contributed by atoms with van der Waals surface area (Å²) in [6.07, 6.45) is 6.49. The van der Waals surface area contributed by atoms with Crippen molar-refractivity contribution in [3.05, 3.63) is 85.1 Å². The average molecular weight is 493 g/mol. The number of anilines is 1. The van der Waals surface area contributed by atoms with Gasteiger partial charge < -0.3 is 15.0 Å². The number of benzene rings is 2. The van der Waals surface area contributed by atoms with Crippen LogP contribution in [0.2, 0.25) is 0 Å². The predicted molar refractivity (Wildman–Crippen MR) is 141 cm³/mol. The van der Waals surface area contributed by atoms with Gasteiger partial charge in [0.2, 0.25) is 0 Å². The van der Waals surface area contributed by atoms with E-state index in [0.29, 0.717) is 17.7 Å². The van der Waals surface area contributed by atoms with Gasteiger partial charge in [0.25, 0.3) is 0 Å². The second-order valence-electron chi connectivity index (χ2n) is 9.57. The summed E-state index contributed by atoms with van der Waals surface area (Å²) >= 11 is 0. The predicted octanol–water partition coefficient (Wildman–Crippen LogP) is 4.82. The third-order valence-corrected chi connectivity index (χ3v) is 7.46. The summed E-state index contributed by atoms with van der Waals surface area (Å²) in [6.45, 7) is 2.11. The molecule has 0 saturated carbocycles. The maximum absolute atomic E-state index is 14.3. The van der Waals surface area contributed by atoms with E-state index in [1.54, 1.807) is 30.7 Å². The molecule has 2 bridgehead atoms. The van der Waals surface area contributed by atoms with Crippen LogP contribution >= 0.6 is 0 Å². The van der Waals surface area contributed by atoms with E-state index < -0.39 is 5.82 Å². The molecule has 0 unspecified atom stereocenters. The van der Waals surface area contributed by atoms with Crippen LogP contribution in [0.5, 0.6) is 5.75 Å². The normalized spacial score (nSPS) is 18.6. The third-order valence-electron chi connectivity index (χ3n) is 7.46. The molecule has 7 nitrogen and oxygen atoms in total. The quantitative estimate of drug-likeness (QED) is 0.379. The highest BCUT2D eigenvalue weighted by Gasteiger charge is 2.37. The number of rotatable bonds is 5. The summed E-state index contributed by atoms with van der Waals surface area (Å²) < 4.78 is 21.4. The van der Waals surface area contributed by atoms with Crippen molar-refractivity contribution in [1.82, 2.24) is 24.9 Å². The Labute approximate surface area is 213 Å². The van der Waals surface area contributed by atoms with E-state index in [-0.39, 0.29) is 5.75 Å². The molecule has 0 aliphatic carbocycles. The molecule has 2 atom stereocenters. The fraction of sp³-hybridized carbons (Fsp3) is 0.207. The minimum absolute atomic E-state index is 0.176. The molecule has 2 saturated heterocycles. The summed E-state index contributed by atoms with van der Waals surface area (Å²) in [5.74, 6) is -0.237. The molecule has 0 amide bonds. The number of hydrogen-bond donors (Lipinski definition) is 1. The lowest BCUT2D eigenvalue weighted by Crippen LogP contribution is -2.43. The van der Waals surface area contributed by atoms with E-state index in [4.69, 9.17) is 14.8 Å². The minimum Gasteiger partial charge on any atom is -0.494 e. The van der Waals surface area contributed by atoms with Gasteiger partial charge >= 0.3 is 0 Å². The number of aromatic nitrogens is 4.